The molecule has 0 fully saturated rings. The number of carbonyl (C=O) groups is 1. The number of carbonyl (C=O) groups excluding carboxylic acids is 1. The Morgan fingerprint density at radius 3 is 2.68 bits per heavy atom. The Hall–Kier alpha value is -1.31. The summed E-state index contributed by atoms with van der Waals surface area (Å²) in [6, 6.07) is 1.77. The molecule has 0 unspecified atom stereocenters. The zero-order chi connectivity index (χ0) is 14.2. The van der Waals surface area contributed by atoms with Crippen LogP contribution in [-0.2, 0) is 4.74 Å². The number of halogens is 1. The van der Waals surface area contributed by atoms with E-state index in [0.717, 1.165) is 14.5 Å². The minimum Gasteiger partial charge on any atom is -0.480 e. The normalized spacial score (nSPS) is 11.6. The second-order valence-electron chi connectivity index (χ2n) is 5.04. The van der Waals surface area contributed by atoms with E-state index in [9.17, 15) is 4.79 Å². The van der Waals surface area contributed by atoms with Gasteiger partial charge in [0.05, 0.1) is 18.0 Å². The van der Waals surface area contributed by atoms with Gasteiger partial charge in [-0.1, -0.05) is 0 Å². The van der Waals surface area contributed by atoms with Gasteiger partial charge in [0.2, 0.25) is 5.88 Å². The van der Waals surface area contributed by atoms with Crippen LogP contribution < -0.4 is 4.74 Å². The fourth-order valence-electron chi connectivity index (χ4n) is 1.72. The first-order valence-corrected chi connectivity index (χ1v) is 6.84. The summed E-state index contributed by atoms with van der Waals surface area (Å²) < 4.78 is 13.0. The van der Waals surface area contributed by atoms with Crippen LogP contribution in [0.15, 0.2) is 18.5 Å². The van der Waals surface area contributed by atoms with Gasteiger partial charge in [0.25, 0.3) is 0 Å². The molecular formula is C13H15IN2O3. The first kappa shape index (κ1) is 14.1. The second-order valence-corrected chi connectivity index (χ2v) is 6.20. The molecule has 19 heavy (non-hydrogen) atoms. The molecule has 102 valence electrons. The first-order valence-electron chi connectivity index (χ1n) is 5.76. The van der Waals surface area contributed by atoms with Crippen molar-refractivity contribution in [1.82, 2.24) is 9.55 Å². The highest BCUT2D eigenvalue weighted by Crippen LogP contribution is 2.30. The molecule has 2 aromatic heterocycles. The Morgan fingerprint density at radius 1 is 1.42 bits per heavy atom. The molecule has 5 nitrogen and oxygen atoms in total. The molecule has 0 saturated carbocycles. The minimum atomic E-state index is -0.532. The molecule has 2 heterocycles. The summed E-state index contributed by atoms with van der Waals surface area (Å²) in [5.74, 6) is 0.504. The van der Waals surface area contributed by atoms with Crippen LogP contribution in [0.1, 0.15) is 20.8 Å². The molecule has 0 aromatic carbocycles. The molecule has 0 radical (unpaired) electrons. The molecule has 0 aliphatic carbocycles. The lowest BCUT2D eigenvalue weighted by atomic mass is 10.2. The number of pyridine rings is 1. The highest BCUT2D eigenvalue weighted by molar-refractivity contribution is 14.1. The van der Waals surface area contributed by atoms with Crippen molar-refractivity contribution >= 4 is 39.6 Å². The van der Waals surface area contributed by atoms with Crippen LogP contribution in [-0.4, -0.2) is 28.4 Å². The maximum absolute atomic E-state index is 12.2. The SMILES string of the molecule is COc1nccc2c1c(I)cn2C(=O)OC(C)(C)C. The third kappa shape index (κ3) is 2.83. The van der Waals surface area contributed by atoms with E-state index >= 15 is 0 Å². The molecule has 0 bridgehead atoms. The summed E-state index contributed by atoms with van der Waals surface area (Å²) in [6.07, 6.45) is 2.93. The number of ether oxygens (including phenoxy) is 2. The third-order valence-corrected chi connectivity index (χ3v) is 3.24. The highest BCUT2D eigenvalue weighted by Gasteiger charge is 2.21. The number of aromatic nitrogens is 2. The van der Waals surface area contributed by atoms with Gasteiger partial charge in [-0.2, -0.15) is 0 Å². The van der Waals surface area contributed by atoms with Crippen LogP contribution in [0.25, 0.3) is 10.9 Å². The molecule has 6 heteroatoms. The van der Waals surface area contributed by atoms with Gasteiger partial charge in [-0.05, 0) is 49.4 Å². The number of hydrogen-bond acceptors (Lipinski definition) is 4. The number of methoxy groups -OCH3 is 1. The topological polar surface area (TPSA) is 53.4 Å². The molecule has 2 rings (SSSR count). The quantitative estimate of drug-likeness (QED) is 0.718. The van der Waals surface area contributed by atoms with E-state index in [-0.39, 0.29) is 0 Å². The molecule has 0 aliphatic rings. The number of hydrogen-bond donors (Lipinski definition) is 0. The molecular weight excluding hydrogens is 359 g/mol. The predicted octanol–water partition coefficient (Wildman–Crippen LogP) is 3.43. The summed E-state index contributed by atoms with van der Waals surface area (Å²) >= 11 is 2.15. The predicted molar refractivity (Wildman–Crippen MR) is 80.6 cm³/mol. The van der Waals surface area contributed by atoms with Crippen LogP contribution in [0.4, 0.5) is 4.79 Å². The average Bonchev–Trinajstić information content (AvgIpc) is 2.65. The van der Waals surface area contributed by atoms with Crippen molar-refractivity contribution in [2.75, 3.05) is 7.11 Å². The number of nitrogens with zero attached hydrogens (tertiary/aromatic N) is 2. The summed E-state index contributed by atoms with van der Waals surface area (Å²) in [5.41, 5.74) is 0.196. The van der Waals surface area contributed by atoms with E-state index < -0.39 is 11.7 Å². The fourth-order valence-corrected chi connectivity index (χ4v) is 2.51. The Kier molecular flexibility index (Phi) is 3.71. The van der Waals surface area contributed by atoms with Gasteiger partial charge in [0.15, 0.2) is 0 Å². The summed E-state index contributed by atoms with van der Waals surface area (Å²) in [7, 11) is 1.56. The monoisotopic (exact) mass is 374 g/mol. The first-order chi connectivity index (χ1) is 8.83. The van der Waals surface area contributed by atoms with Crippen LogP contribution in [0.3, 0.4) is 0 Å². The lowest BCUT2D eigenvalue weighted by molar-refractivity contribution is 0.0544. The largest absolute Gasteiger partial charge is 0.480 e. The number of rotatable bonds is 1. The van der Waals surface area contributed by atoms with Gasteiger partial charge < -0.3 is 9.47 Å². The summed E-state index contributed by atoms with van der Waals surface area (Å²) in [4.78, 5) is 16.3. The highest BCUT2D eigenvalue weighted by atomic mass is 127. The molecule has 0 saturated heterocycles. The van der Waals surface area contributed by atoms with E-state index in [4.69, 9.17) is 9.47 Å². The molecule has 2 aromatic rings. The molecule has 0 N–H and O–H groups in total. The van der Waals surface area contributed by atoms with Crippen molar-refractivity contribution in [3.63, 3.8) is 0 Å². The molecule has 0 aliphatic heterocycles. The van der Waals surface area contributed by atoms with Crippen molar-refractivity contribution in [3.8, 4) is 5.88 Å². The van der Waals surface area contributed by atoms with Crippen molar-refractivity contribution in [2.45, 2.75) is 26.4 Å². The van der Waals surface area contributed by atoms with Crippen LogP contribution in [0, 0.1) is 3.57 Å². The molecule has 0 amide bonds. The lowest BCUT2D eigenvalue weighted by Crippen LogP contribution is -2.26. The van der Waals surface area contributed by atoms with Gasteiger partial charge >= 0.3 is 6.09 Å². The van der Waals surface area contributed by atoms with E-state index in [1.54, 1.807) is 25.6 Å². The Labute approximate surface area is 125 Å². The molecule has 0 spiro atoms. The second kappa shape index (κ2) is 4.99. The van der Waals surface area contributed by atoms with Crippen molar-refractivity contribution in [2.24, 2.45) is 0 Å². The average molecular weight is 374 g/mol. The van der Waals surface area contributed by atoms with Gasteiger partial charge in [-0.25, -0.2) is 9.78 Å². The third-order valence-electron chi connectivity index (χ3n) is 2.42. The van der Waals surface area contributed by atoms with E-state index in [1.807, 2.05) is 20.8 Å². The Balaban J connectivity index is 2.54. The lowest BCUT2D eigenvalue weighted by Gasteiger charge is -2.19. The fraction of sp³-hybridized carbons (Fsp3) is 0.385. The van der Waals surface area contributed by atoms with Crippen molar-refractivity contribution < 1.29 is 14.3 Å². The Bertz CT molecular complexity index is 629. The number of fused-ring (bicyclic) bond motifs is 1. The zero-order valence-corrected chi connectivity index (χ0v) is 13.4. The zero-order valence-electron chi connectivity index (χ0n) is 11.2. The van der Waals surface area contributed by atoms with Gasteiger partial charge in [0.1, 0.15) is 5.60 Å². The van der Waals surface area contributed by atoms with E-state index in [2.05, 4.69) is 27.6 Å². The maximum atomic E-state index is 12.2. The van der Waals surface area contributed by atoms with Crippen LogP contribution in [0.2, 0.25) is 0 Å². The van der Waals surface area contributed by atoms with Gasteiger partial charge in [0, 0.05) is 16.0 Å². The van der Waals surface area contributed by atoms with Gasteiger partial charge in [-0.3, -0.25) is 4.57 Å². The van der Waals surface area contributed by atoms with Crippen molar-refractivity contribution in [3.05, 3.63) is 22.0 Å². The van der Waals surface area contributed by atoms with Crippen molar-refractivity contribution in [1.29, 1.82) is 0 Å². The minimum absolute atomic E-state index is 0.409. The Morgan fingerprint density at radius 2 is 2.11 bits per heavy atom. The van der Waals surface area contributed by atoms with Crippen LogP contribution >= 0.6 is 22.6 Å². The standard InChI is InChI=1S/C13H15IN2O3/c1-13(2,3)19-12(17)16-7-8(14)10-9(16)5-6-15-11(10)18-4/h5-7H,1-4H3. The smallest absolute Gasteiger partial charge is 0.419 e. The van der Waals surface area contributed by atoms with Crippen LogP contribution in [0.5, 0.6) is 5.88 Å². The summed E-state index contributed by atoms with van der Waals surface area (Å²) in [5, 5.41) is 0.816. The summed E-state index contributed by atoms with van der Waals surface area (Å²) in [6.45, 7) is 5.51. The van der Waals surface area contributed by atoms with E-state index in [0.29, 0.717) is 5.88 Å². The van der Waals surface area contributed by atoms with E-state index in [1.165, 1.54) is 4.57 Å². The molecule has 0 atom stereocenters. The van der Waals surface area contributed by atoms with Gasteiger partial charge in [-0.15, -0.1) is 0 Å². The maximum Gasteiger partial charge on any atom is 0.419 e.